The Bertz CT molecular complexity index is 395. The number of carbonyl (C=O) groups is 1. The van der Waals surface area contributed by atoms with Gasteiger partial charge in [0.2, 0.25) is 5.91 Å². The Morgan fingerprint density at radius 3 is 2.65 bits per heavy atom. The number of rotatable bonds is 4. The van der Waals surface area contributed by atoms with Crippen LogP contribution < -0.4 is 11.1 Å². The number of nitrogens with one attached hydrogen (secondary N) is 1. The third-order valence-electron chi connectivity index (χ3n) is 2.14. The lowest BCUT2D eigenvalue weighted by atomic mass is 10.00. The number of hydrogen-bond donors (Lipinski definition) is 2. The van der Waals surface area contributed by atoms with E-state index in [2.05, 4.69) is 5.32 Å². The molecule has 94 valence electrons. The lowest BCUT2D eigenvalue weighted by molar-refractivity contribution is -0.116. The van der Waals surface area contributed by atoms with Crippen LogP contribution in [-0.2, 0) is 4.79 Å². The van der Waals surface area contributed by atoms with E-state index in [1.165, 1.54) is 18.2 Å². The average molecular weight is 259 g/mol. The van der Waals surface area contributed by atoms with Gasteiger partial charge >= 0.3 is 0 Å². The molecule has 0 aliphatic rings. The summed E-state index contributed by atoms with van der Waals surface area (Å²) in [6.45, 7) is 3.69. The summed E-state index contributed by atoms with van der Waals surface area (Å²) in [5, 5.41) is 2.83. The Morgan fingerprint density at radius 2 is 2.12 bits per heavy atom. The molecule has 0 spiro atoms. The largest absolute Gasteiger partial charge is 0.326 e. The molecule has 0 aliphatic heterocycles. The van der Waals surface area contributed by atoms with Gasteiger partial charge in [-0.2, -0.15) is 0 Å². The molecule has 0 unspecified atom stereocenters. The van der Waals surface area contributed by atoms with Crippen molar-refractivity contribution in [1.29, 1.82) is 0 Å². The summed E-state index contributed by atoms with van der Waals surface area (Å²) in [6, 6.07) is 3.90. The fraction of sp³-hybridized carbons (Fsp3) is 0.417. The molecule has 1 rings (SSSR count). The molecule has 0 bridgehead atoms. The summed E-state index contributed by atoms with van der Waals surface area (Å²) in [4.78, 5) is 11.5. The molecule has 0 atom stereocenters. The first-order chi connectivity index (χ1) is 7.76. The van der Waals surface area contributed by atoms with Gasteiger partial charge in [-0.1, -0.05) is 11.6 Å². The van der Waals surface area contributed by atoms with E-state index in [0.29, 0.717) is 12.1 Å². The SMILES string of the molecule is CC(C)(N)CCC(=O)Nc1cc(F)cc(Cl)c1. The average Bonchev–Trinajstić information content (AvgIpc) is 2.11. The summed E-state index contributed by atoms with van der Waals surface area (Å²) in [5.74, 6) is -0.683. The first-order valence-corrected chi connectivity index (χ1v) is 5.69. The second-order valence-corrected chi connectivity index (χ2v) is 5.13. The highest BCUT2D eigenvalue weighted by Gasteiger charge is 2.13. The Kier molecular flexibility index (Phi) is 4.48. The molecule has 0 aliphatic carbocycles. The first kappa shape index (κ1) is 13.9. The van der Waals surface area contributed by atoms with Gasteiger partial charge in [0.05, 0.1) is 0 Å². The Balaban J connectivity index is 2.56. The van der Waals surface area contributed by atoms with Gasteiger partial charge in [-0.25, -0.2) is 4.39 Å². The van der Waals surface area contributed by atoms with Crippen LogP contribution in [0.4, 0.5) is 10.1 Å². The van der Waals surface area contributed by atoms with E-state index in [9.17, 15) is 9.18 Å². The van der Waals surface area contributed by atoms with Crippen molar-refractivity contribution in [3.63, 3.8) is 0 Å². The maximum absolute atomic E-state index is 13.0. The minimum absolute atomic E-state index is 0.204. The summed E-state index contributed by atoms with van der Waals surface area (Å²) in [5.41, 5.74) is 5.73. The smallest absolute Gasteiger partial charge is 0.224 e. The van der Waals surface area contributed by atoms with Crippen molar-refractivity contribution in [3.8, 4) is 0 Å². The van der Waals surface area contributed by atoms with Crippen molar-refractivity contribution < 1.29 is 9.18 Å². The summed E-state index contributed by atoms with van der Waals surface area (Å²) >= 11 is 5.67. The molecule has 0 aromatic heterocycles. The van der Waals surface area contributed by atoms with Gasteiger partial charge in [0.1, 0.15) is 5.82 Å². The number of nitrogens with two attached hydrogens (primary N) is 1. The van der Waals surface area contributed by atoms with Crippen LogP contribution in [0.15, 0.2) is 18.2 Å². The Morgan fingerprint density at radius 1 is 1.47 bits per heavy atom. The Labute approximate surface area is 105 Å². The van der Waals surface area contributed by atoms with E-state index in [0.717, 1.165) is 0 Å². The zero-order valence-electron chi connectivity index (χ0n) is 9.89. The lowest BCUT2D eigenvalue weighted by Gasteiger charge is -2.17. The molecule has 17 heavy (non-hydrogen) atoms. The molecule has 0 fully saturated rings. The highest BCUT2D eigenvalue weighted by molar-refractivity contribution is 6.30. The van der Waals surface area contributed by atoms with Crippen LogP contribution in [0, 0.1) is 5.82 Å². The van der Waals surface area contributed by atoms with E-state index in [-0.39, 0.29) is 17.4 Å². The third-order valence-corrected chi connectivity index (χ3v) is 2.36. The van der Waals surface area contributed by atoms with Crippen LogP contribution >= 0.6 is 11.6 Å². The number of carbonyl (C=O) groups excluding carboxylic acids is 1. The number of benzene rings is 1. The fourth-order valence-electron chi connectivity index (χ4n) is 1.29. The molecule has 1 amide bonds. The zero-order chi connectivity index (χ0) is 13.1. The van der Waals surface area contributed by atoms with Crippen LogP contribution in [0.5, 0.6) is 0 Å². The molecular weight excluding hydrogens is 243 g/mol. The van der Waals surface area contributed by atoms with E-state index in [1.807, 2.05) is 13.8 Å². The van der Waals surface area contributed by atoms with E-state index in [1.54, 1.807) is 0 Å². The monoisotopic (exact) mass is 258 g/mol. The zero-order valence-corrected chi connectivity index (χ0v) is 10.6. The molecule has 1 aromatic rings. The van der Waals surface area contributed by atoms with Gasteiger partial charge < -0.3 is 11.1 Å². The Hall–Kier alpha value is -1.13. The highest BCUT2D eigenvalue weighted by atomic mass is 35.5. The molecule has 5 heteroatoms. The topological polar surface area (TPSA) is 55.1 Å². The molecule has 3 N–H and O–H groups in total. The van der Waals surface area contributed by atoms with Gasteiger partial charge in [0.15, 0.2) is 0 Å². The van der Waals surface area contributed by atoms with Crippen LogP contribution in [0.1, 0.15) is 26.7 Å². The standard InChI is InChI=1S/C12H16ClFN2O/c1-12(2,15)4-3-11(17)16-10-6-8(13)5-9(14)7-10/h5-7H,3-4,15H2,1-2H3,(H,16,17). The molecule has 0 saturated carbocycles. The molecule has 3 nitrogen and oxygen atoms in total. The quantitative estimate of drug-likeness (QED) is 0.872. The van der Waals surface area contributed by atoms with Gasteiger partial charge in [0, 0.05) is 22.7 Å². The third kappa shape index (κ3) is 5.65. The second-order valence-electron chi connectivity index (χ2n) is 4.69. The maximum atomic E-state index is 13.0. The highest BCUT2D eigenvalue weighted by Crippen LogP contribution is 2.18. The predicted octanol–water partition coefficient (Wildman–Crippen LogP) is 2.94. The van der Waals surface area contributed by atoms with Gasteiger partial charge in [-0.05, 0) is 38.5 Å². The van der Waals surface area contributed by atoms with Crippen molar-refractivity contribution in [2.24, 2.45) is 5.73 Å². The molecule has 0 radical (unpaired) electrons. The molecule has 0 saturated heterocycles. The van der Waals surface area contributed by atoms with Gasteiger partial charge in [0.25, 0.3) is 0 Å². The van der Waals surface area contributed by atoms with Crippen molar-refractivity contribution >= 4 is 23.2 Å². The molecule has 0 heterocycles. The van der Waals surface area contributed by atoms with Crippen LogP contribution in [0.25, 0.3) is 0 Å². The maximum Gasteiger partial charge on any atom is 0.224 e. The van der Waals surface area contributed by atoms with Crippen molar-refractivity contribution in [1.82, 2.24) is 0 Å². The number of halogens is 2. The molecule has 1 aromatic carbocycles. The van der Waals surface area contributed by atoms with Crippen LogP contribution in [0.3, 0.4) is 0 Å². The van der Waals surface area contributed by atoms with Crippen molar-refractivity contribution in [2.45, 2.75) is 32.2 Å². The van der Waals surface area contributed by atoms with Gasteiger partial charge in [-0.15, -0.1) is 0 Å². The van der Waals surface area contributed by atoms with Crippen molar-refractivity contribution in [2.75, 3.05) is 5.32 Å². The minimum atomic E-state index is -0.480. The summed E-state index contributed by atoms with van der Waals surface area (Å²) in [7, 11) is 0. The fourth-order valence-corrected chi connectivity index (χ4v) is 1.51. The van der Waals surface area contributed by atoms with Crippen LogP contribution in [-0.4, -0.2) is 11.4 Å². The van der Waals surface area contributed by atoms with E-state index >= 15 is 0 Å². The lowest BCUT2D eigenvalue weighted by Crippen LogP contribution is -2.33. The minimum Gasteiger partial charge on any atom is -0.326 e. The molecular formula is C12H16ClFN2O. The number of hydrogen-bond acceptors (Lipinski definition) is 2. The summed E-state index contributed by atoms with van der Waals surface area (Å²) in [6.07, 6.45) is 0.847. The van der Waals surface area contributed by atoms with Crippen molar-refractivity contribution in [3.05, 3.63) is 29.0 Å². The van der Waals surface area contributed by atoms with Crippen LogP contribution in [0.2, 0.25) is 5.02 Å². The van der Waals surface area contributed by atoms with E-state index in [4.69, 9.17) is 17.3 Å². The normalized spacial score (nSPS) is 11.4. The second kappa shape index (κ2) is 5.47. The first-order valence-electron chi connectivity index (χ1n) is 5.31. The van der Waals surface area contributed by atoms with Gasteiger partial charge in [-0.3, -0.25) is 4.79 Å². The number of amides is 1. The number of anilines is 1. The predicted molar refractivity (Wildman–Crippen MR) is 67.5 cm³/mol. The summed E-state index contributed by atoms with van der Waals surface area (Å²) < 4.78 is 13.0. The van der Waals surface area contributed by atoms with E-state index < -0.39 is 11.4 Å².